The standard InChI is InChI=1S/C24H11N3O6/c28-20-13-5-1-2-6-14(13)21(29)26(20)27-22(30)15-10-9-12(11-17(15)23(27)31)19-25-18-8-4-3-7-16(18)24(32)33-19/h1-11H. The molecule has 4 aromatic rings. The van der Waals surface area contributed by atoms with Crippen LogP contribution in [-0.4, -0.2) is 38.6 Å². The first kappa shape index (κ1) is 18.8. The molecule has 0 radical (unpaired) electrons. The van der Waals surface area contributed by atoms with Gasteiger partial charge in [-0.2, -0.15) is 10.0 Å². The van der Waals surface area contributed by atoms with Crippen LogP contribution in [0.25, 0.3) is 22.4 Å². The van der Waals surface area contributed by atoms with Crippen LogP contribution in [0.15, 0.2) is 75.9 Å². The van der Waals surface area contributed by atoms with Gasteiger partial charge in [0.2, 0.25) is 5.89 Å². The molecular weight excluding hydrogens is 426 g/mol. The lowest BCUT2D eigenvalue weighted by Gasteiger charge is -2.23. The van der Waals surface area contributed by atoms with E-state index in [1.807, 2.05) is 0 Å². The van der Waals surface area contributed by atoms with E-state index in [0.717, 1.165) is 0 Å². The number of benzene rings is 3. The first-order valence-electron chi connectivity index (χ1n) is 9.86. The summed E-state index contributed by atoms with van der Waals surface area (Å²) in [6.07, 6.45) is 0. The van der Waals surface area contributed by atoms with Crippen LogP contribution in [0.3, 0.4) is 0 Å². The van der Waals surface area contributed by atoms with Crippen molar-refractivity contribution in [3.63, 3.8) is 0 Å². The summed E-state index contributed by atoms with van der Waals surface area (Å²) in [6.45, 7) is 0. The van der Waals surface area contributed by atoms with Crippen molar-refractivity contribution in [3.05, 3.63) is 99.4 Å². The summed E-state index contributed by atoms with van der Waals surface area (Å²) in [4.78, 5) is 68.3. The van der Waals surface area contributed by atoms with Crippen LogP contribution in [0.1, 0.15) is 41.4 Å². The second-order valence-electron chi connectivity index (χ2n) is 7.47. The van der Waals surface area contributed by atoms with Gasteiger partial charge in [0, 0.05) is 5.56 Å². The molecule has 0 saturated heterocycles. The van der Waals surface area contributed by atoms with Crippen LogP contribution in [0, 0.1) is 0 Å². The van der Waals surface area contributed by atoms with E-state index in [-0.39, 0.29) is 28.1 Å². The van der Waals surface area contributed by atoms with Gasteiger partial charge in [0.1, 0.15) is 0 Å². The maximum atomic E-state index is 13.1. The molecule has 0 spiro atoms. The number of aromatic nitrogens is 1. The Morgan fingerprint density at radius 1 is 0.606 bits per heavy atom. The predicted octanol–water partition coefficient (Wildman–Crippen LogP) is 2.66. The van der Waals surface area contributed by atoms with E-state index in [9.17, 15) is 24.0 Å². The molecule has 3 heterocycles. The number of hydrazine groups is 1. The van der Waals surface area contributed by atoms with Crippen LogP contribution < -0.4 is 5.63 Å². The lowest BCUT2D eigenvalue weighted by Crippen LogP contribution is -2.49. The van der Waals surface area contributed by atoms with E-state index in [0.29, 0.717) is 26.5 Å². The molecule has 0 atom stereocenters. The molecule has 9 heteroatoms. The number of imide groups is 2. The van der Waals surface area contributed by atoms with E-state index >= 15 is 0 Å². The molecule has 0 fully saturated rings. The Morgan fingerprint density at radius 3 is 1.82 bits per heavy atom. The third-order valence-corrected chi connectivity index (χ3v) is 5.62. The predicted molar refractivity (Wildman–Crippen MR) is 113 cm³/mol. The fraction of sp³-hybridized carbons (Fsp3) is 0. The van der Waals surface area contributed by atoms with Gasteiger partial charge in [-0.05, 0) is 42.5 Å². The van der Waals surface area contributed by atoms with Crippen molar-refractivity contribution >= 4 is 34.5 Å². The average Bonchev–Trinajstić information content (AvgIpc) is 3.23. The smallest absolute Gasteiger partial charge is 0.347 e. The largest absolute Gasteiger partial charge is 0.403 e. The zero-order valence-corrected chi connectivity index (χ0v) is 16.6. The number of carbonyl (C=O) groups excluding carboxylic acids is 4. The van der Waals surface area contributed by atoms with Crippen molar-refractivity contribution in [2.75, 3.05) is 0 Å². The highest BCUT2D eigenvalue weighted by molar-refractivity contribution is 6.28. The van der Waals surface area contributed by atoms with E-state index < -0.39 is 29.3 Å². The molecule has 9 nitrogen and oxygen atoms in total. The number of hydrogen-bond donors (Lipinski definition) is 0. The molecule has 0 saturated carbocycles. The Labute approximate surface area is 184 Å². The minimum Gasteiger partial charge on any atom is -0.403 e. The van der Waals surface area contributed by atoms with Crippen LogP contribution in [-0.2, 0) is 0 Å². The van der Waals surface area contributed by atoms with Crippen molar-refractivity contribution in [1.82, 2.24) is 15.0 Å². The number of amides is 4. The van der Waals surface area contributed by atoms with Crippen LogP contribution in [0.4, 0.5) is 0 Å². The van der Waals surface area contributed by atoms with E-state index in [1.165, 1.54) is 30.3 Å². The molecule has 158 valence electrons. The Balaban J connectivity index is 1.42. The van der Waals surface area contributed by atoms with Gasteiger partial charge in [0.05, 0.1) is 33.2 Å². The minimum absolute atomic E-state index is 0.0171. The summed E-state index contributed by atoms with van der Waals surface area (Å²) in [5.74, 6) is -3.18. The lowest BCUT2D eigenvalue weighted by atomic mass is 10.1. The molecule has 4 amide bonds. The Kier molecular flexibility index (Phi) is 3.73. The second kappa shape index (κ2) is 6.54. The highest BCUT2D eigenvalue weighted by atomic mass is 16.4. The van der Waals surface area contributed by atoms with Crippen molar-refractivity contribution in [1.29, 1.82) is 0 Å². The first-order chi connectivity index (χ1) is 16.0. The first-order valence-corrected chi connectivity index (χ1v) is 9.86. The molecule has 0 bridgehead atoms. The van der Waals surface area contributed by atoms with Crippen LogP contribution >= 0.6 is 0 Å². The third-order valence-electron chi connectivity index (χ3n) is 5.62. The van der Waals surface area contributed by atoms with Crippen molar-refractivity contribution in [2.45, 2.75) is 0 Å². The maximum absolute atomic E-state index is 13.1. The fourth-order valence-corrected chi connectivity index (χ4v) is 4.04. The van der Waals surface area contributed by atoms with Crippen molar-refractivity contribution < 1.29 is 23.6 Å². The Hall–Kier alpha value is -4.92. The monoisotopic (exact) mass is 437 g/mol. The molecule has 33 heavy (non-hydrogen) atoms. The summed E-state index contributed by atoms with van der Waals surface area (Å²) < 4.78 is 5.31. The molecule has 3 aromatic carbocycles. The summed E-state index contributed by atoms with van der Waals surface area (Å²) in [5, 5.41) is 1.41. The molecule has 0 aliphatic carbocycles. The summed E-state index contributed by atoms with van der Waals surface area (Å²) in [5.41, 5.74) is 0.325. The normalized spacial score (nSPS) is 14.9. The third kappa shape index (κ3) is 2.53. The van der Waals surface area contributed by atoms with Crippen LogP contribution in [0.5, 0.6) is 0 Å². The number of rotatable bonds is 2. The van der Waals surface area contributed by atoms with Gasteiger partial charge in [-0.15, -0.1) is 0 Å². The maximum Gasteiger partial charge on any atom is 0.347 e. The number of nitrogens with zero attached hydrogens (tertiary/aromatic N) is 3. The van der Waals surface area contributed by atoms with Crippen LogP contribution in [0.2, 0.25) is 0 Å². The van der Waals surface area contributed by atoms with Crippen molar-refractivity contribution in [3.8, 4) is 11.5 Å². The summed E-state index contributed by atoms with van der Waals surface area (Å²) in [7, 11) is 0. The van der Waals surface area contributed by atoms with E-state index in [1.54, 1.807) is 36.4 Å². The Morgan fingerprint density at radius 2 is 1.15 bits per heavy atom. The molecule has 2 aliphatic rings. The highest BCUT2D eigenvalue weighted by Gasteiger charge is 2.48. The molecule has 1 aromatic heterocycles. The number of para-hydroxylation sites is 1. The van der Waals surface area contributed by atoms with Gasteiger partial charge >= 0.3 is 5.63 Å². The quantitative estimate of drug-likeness (QED) is 0.443. The topological polar surface area (TPSA) is 118 Å². The number of hydrogen-bond acceptors (Lipinski definition) is 7. The number of fused-ring (bicyclic) bond motifs is 3. The minimum atomic E-state index is -0.838. The zero-order valence-electron chi connectivity index (χ0n) is 16.6. The molecule has 6 rings (SSSR count). The Bertz CT molecular complexity index is 1600. The number of carbonyl (C=O) groups is 4. The van der Waals surface area contributed by atoms with E-state index in [4.69, 9.17) is 4.42 Å². The van der Waals surface area contributed by atoms with Gasteiger partial charge in [0.15, 0.2) is 0 Å². The van der Waals surface area contributed by atoms with Gasteiger partial charge < -0.3 is 4.42 Å². The zero-order chi connectivity index (χ0) is 22.9. The SMILES string of the molecule is O=C1c2ccccc2C(=O)N1N1C(=O)c2ccc(-c3nc4ccccc4c(=O)o3)cc2C1=O. The molecule has 0 unspecified atom stereocenters. The van der Waals surface area contributed by atoms with E-state index in [2.05, 4.69) is 4.98 Å². The molecule has 0 N–H and O–H groups in total. The average molecular weight is 437 g/mol. The van der Waals surface area contributed by atoms with Gasteiger partial charge in [-0.1, -0.05) is 24.3 Å². The second-order valence-corrected chi connectivity index (χ2v) is 7.47. The highest BCUT2D eigenvalue weighted by Crippen LogP contribution is 2.32. The molecule has 2 aliphatic heterocycles. The van der Waals surface area contributed by atoms with Gasteiger partial charge in [0.25, 0.3) is 23.6 Å². The van der Waals surface area contributed by atoms with Gasteiger partial charge in [-0.25, -0.2) is 9.78 Å². The van der Waals surface area contributed by atoms with Gasteiger partial charge in [-0.3, -0.25) is 19.2 Å². The lowest BCUT2D eigenvalue weighted by molar-refractivity contribution is 0.00845. The summed E-state index contributed by atoms with van der Waals surface area (Å²) >= 11 is 0. The molecular formula is C24H11N3O6. The fourth-order valence-electron chi connectivity index (χ4n) is 4.04. The van der Waals surface area contributed by atoms with Crippen molar-refractivity contribution in [2.24, 2.45) is 0 Å². The summed E-state index contributed by atoms with van der Waals surface area (Å²) in [6, 6.07) is 17.0.